The molecule has 1 aliphatic heterocycles. The molecule has 3 heterocycles. The number of benzene rings is 2. The van der Waals surface area contributed by atoms with Gasteiger partial charge in [-0.2, -0.15) is 13.2 Å². The zero-order chi connectivity index (χ0) is 21.6. The van der Waals surface area contributed by atoms with Crippen LogP contribution in [0.25, 0.3) is 16.9 Å². The molecule has 5 nitrogen and oxygen atoms in total. The monoisotopic (exact) mass is 428 g/mol. The van der Waals surface area contributed by atoms with Gasteiger partial charge in [0, 0.05) is 17.8 Å². The minimum atomic E-state index is -4.38. The van der Waals surface area contributed by atoms with Crippen LogP contribution in [0.4, 0.5) is 23.2 Å². The molecule has 2 aromatic carbocycles. The summed E-state index contributed by atoms with van der Waals surface area (Å²) in [5.74, 6) is 0.125. The Morgan fingerprint density at radius 2 is 1.81 bits per heavy atom. The molecular formula is C22H16F4N4O. The van der Waals surface area contributed by atoms with Gasteiger partial charge >= 0.3 is 6.18 Å². The Kier molecular flexibility index (Phi) is 4.53. The maximum Gasteiger partial charge on any atom is 0.416 e. The first-order valence-electron chi connectivity index (χ1n) is 9.55. The molecular weight excluding hydrogens is 412 g/mol. The lowest BCUT2D eigenvalue weighted by molar-refractivity contribution is -0.137. The van der Waals surface area contributed by atoms with Crippen molar-refractivity contribution in [3.05, 3.63) is 78.1 Å². The highest BCUT2D eigenvalue weighted by atomic mass is 19.4. The van der Waals surface area contributed by atoms with Crippen molar-refractivity contribution in [1.82, 2.24) is 14.4 Å². The standard InChI is InChI=1S/C22H16F4N4O/c23-16-5-6-18-20(9-16)31-8-7-29(18)12-17-13-30-19(10-28-21(30)11-27-17)14-1-3-15(4-2-14)22(24,25)26/h1-6,9-11,13H,7-8,12H2. The van der Waals surface area contributed by atoms with Gasteiger partial charge < -0.3 is 9.64 Å². The number of fused-ring (bicyclic) bond motifs is 2. The van der Waals surface area contributed by atoms with Gasteiger partial charge in [-0.25, -0.2) is 9.37 Å². The minimum Gasteiger partial charge on any atom is -0.489 e. The van der Waals surface area contributed by atoms with Crippen molar-refractivity contribution < 1.29 is 22.3 Å². The van der Waals surface area contributed by atoms with Gasteiger partial charge in [-0.05, 0) is 24.3 Å². The first-order valence-corrected chi connectivity index (χ1v) is 9.55. The van der Waals surface area contributed by atoms with Crippen molar-refractivity contribution in [3.8, 4) is 17.0 Å². The highest BCUT2D eigenvalue weighted by molar-refractivity contribution is 5.64. The molecule has 0 unspecified atom stereocenters. The number of anilines is 1. The molecule has 9 heteroatoms. The highest BCUT2D eigenvalue weighted by Gasteiger charge is 2.30. The summed E-state index contributed by atoms with van der Waals surface area (Å²) < 4.78 is 59.4. The third-order valence-electron chi connectivity index (χ3n) is 5.19. The molecule has 4 aromatic rings. The zero-order valence-electron chi connectivity index (χ0n) is 16.1. The van der Waals surface area contributed by atoms with Gasteiger partial charge in [0.1, 0.15) is 18.2 Å². The molecule has 0 atom stereocenters. The fraction of sp³-hybridized carbons (Fsp3) is 0.182. The Hall–Kier alpha value is -3.62. The van der Waals surface area contributed by atoms with E-state index in [0.29, 0.717) is 42.4 Å². The number of hydrogen-bond acceptors (Lipinski definition) is 4. The largest absolute Gasteiger partial charge is 0.489 e. The molecule has 0 N–H and O–H groups in total. The molecule has 0 saturated heterocycles. The Bertz CT molecular complexity index is 1250. The van der Waals surface area contributed by atoms with E-state index in [1.165, 1.54) is 24.3 Å². The Morgan fingerprint density at radius 3 is 2.58 bits per heavy atom. The van der Waals surface area contributed by atoms with Crippen molar-refractivity contribution >= 4 is 11.3 Å². The topological polar surface area (TPSA) is 42.7 Å². The summed E-state index contributed by atoms with van der Waals surface area (Å²) in [5.41, 5.74) is 2.68. The van der Waals surface area contributed by atoms with Gasteiger partial charge in [0.2, 0.25) is 0 Å². The van der Waals surface area contributed by atoms with E-state index in [2.05, 4.69) is 9.97 Å². The number of halogens is 4. The van der Waals surface area contributed by atoms with Crippen LogP contribution >= 0.6 is 0 Å². The van der Waals surface area contributed by atoms with E-state index in [0.717, 1.165) is 23.5 Å². The minimum absolute atomic E-state index is 0.361. The smallest absolute Gasteiger partial charge is 0.416 e. The normalized spacial score (nSPS) is 13.9. The van der Waals surface area contributed by atoms with Crippen LogP contribution in [-0.2, 0) is 12.7 Å². The molecule has 0 radical (unpaired) electrons. The van der Waals surface area contributed by atoms with Crippen LogP contribution in [0, 0.1) is 5.82 Å². The fourth-order valence-corrected chi connectivity index (χ4v) is 3.67. The molecule has 158 valence electrons. The SMILES string of the molecule is Fc1ccc2c(c1)OCCN2Cc1cn2c(-c3ccc(C(F)(F)F)cc3)cnc2cn1. The van der Waals surface area contributed by atoms with Crippen LogP contribution in [0.2, 0.25) is 0 Å². The molecule has 0 bridgehead atoms. The van der Waals surface area contributed by atoms with E-state index < -0.39 is 11.7 Å². The molecule has 2 aromatic heterocycles. The quantitative estimate of drug-likeness (QED) is 0.433. The summed E-state index contributed by atoms with van der Waals surface area (Å²) in [6, 6.07) is 9.39. The number of alkyl halides is 3. The van der Waals surface area contributed by atoms with Crippen LogP contribution in [0.15, 0.2) is 61.1 Å². The highest BCUT2D eigenvalue weighted by Crippen LogP contribution is 2.33. The molecule has 5 rings (SSSR count). The maximum atomic E-state index is 13.5. The number of aromatic nitrogens is 3. The number of rotatable bonds is 3. The fourth-order valence-electron chi connectivity index (χ4n) is 3.67. The van der Waals surface area contributed by atoms with Gasteiger partial charge in [-0.3, -0.25) is 9.38 Å². The van der Waals surface area contributed by atoms with E-state index in [4.69, 9.17) is 4.74 Å². The molecule has 0 aliphatic carbocycles. The number of hydrogen-bond donors (Lipinski definition) is 0. The summed E-state index contributed by atoms with van der Waals surface area (Å²) in [6.45, 7) is 1.51. The summed E-state index contributed by atoms with van der Waals surface area (Å²) in [5, 5.41) is 0. The predicted octanol–water partition coefficient (Wildman–Crippen LogP) is 4.95. The Labute approximate surface area is 174 Å². The third kappa shape index (κ3) is 3.67. The number of imidazole rings is 1. The van der Waals surface area contributed by atoms with Crippen LogP contribution in [-0.4, -0.2) is 27.5 Å². The molecule has 31 heavy (non-hydrogen) atoms. The van der Waals surface area contributed by atoms with Crippen molar-refractivity contribution in [3.63, 3.8) is 0 Å². The molecule has 0 spiro atoms. The lowest BCUT2D eigenvalue weighted by Gasteiger charge is -2.31. The van der Waals surface area contributed by atoms with E-state index in [1.807, 2.05) is 11.1 Å². The average molecular weight is 428 g/mol. The summed E-state index contributed by atoms with van der Waals surface area (Å²) >= 11 is 0. The van der Waals surface area contributed by atoms with Gasteiger partial charge in [0.25, 0.3) is 0 Å². The van der Waals surface area contributed by atoms with Crippen LogP contribution in [0.5, 0.6) is 5.75 Å². The second kappa shape index (κ2) is 7.26. The first kappa shape index (κ1) is 19.3. The first-order chi connectivity index (χ1) is 14.9. The van der Waals surface area contributed by atoms with Crippen LogP contribution < -0.4 is 9.64 Å². The molecule has 0 saturated carbocycles. The summed E-state index contributed by atoms with van der Waals surface area (Å²) in [4.78, 5) is 10.8. The van der Waals surface area contributed by atoms with Crippen LogP contribution in [0.3, 0.4) is 0 Å². The lowest BCUT2D eigenvalue weighted by Crippen LogP contribution is -2.32. The number of nitrogens with zero attached hydrogens (tertiary/aromatic N) is 4. The van der Waals surface area contributed by atoms with E-state index in [1.54, 1.807) is 22.9 Å². The van der Waals surface area contributed by atoms with E-state index >= 15 is 0 Å². The van der Waals surface area contributed by atoms with Crippen molar-refractivity contribution in [2.75, 3.05) is 18.1 Å². The van der Waals surface area contributed by atoms with E-state index in [9.17, 15) is 17.6 Å². The molecule has 0 fully saturated rings. The van der Waals surface area contributed by atoms with Crippen molar-refractivity contribution in [2.24, 2.45) is 0 Å². The van der Waals surface area contributed by atoms with Gasteiger partial charge in [0.05, 0.1) is 48.1 Å². The molecule has 1 aliphatic rings. The maximum absolute atomic E-state index is 13.5. The summed E-state index contributed by atoms with van der Waals surface area (Å²) in [6.07, 6.45) is 0.658. The zero-order valence-corrected chi connectivity index (χ0v) is 16.1. The average Bonchev–Trinajstić information content (AvgIpc) is 3.16. The van der Waals surface area contributed by atoms with Gasteiger partial charge in [-0.1, -0.05) is 12.1 Å². The van der Waals surface area contributed by atoms with Crippen molar-refractivity contribution in [2.45, 2.75) is 12.7 Å². The Morgan fingerprint density at radius 1 is 1.00 bits per heavy atom. The summed E-state index contributed by atoms with van der Waals surface area (Å²) in [7, 11) is 0. The Balaban J connectivity index is 1.46. The second-order valence-corrected chi connectivity index (χ2v) is 7.21. The van der Waals surface area contributed by atoms with Crippen LogP contribution in [0.1, 0.15) is 11.3 Å². The van der Waals surface area contributed by atoms with Gasteiger partial charge in [-0.15, -0.1) is 0 Å². The second-order valence-electron chi connectivity index (χ2n) is 7.21. The van der Waals surface area contributed by atoms with Crippen molar-refractivity contribution in [1.29, 1.82) is 0 Å². The number of ether oxygens (including phenoxy) is 1. The third-order valence-corrected chi connectivity index (χ3v) is 5.19. The van der Waals surface area contributed by atoms with E-state index in [-0.39, 0.29) is 5.82 Å². The van der Waals surface area contributed by atoms with Gasteiger partial charge in [0.15, 0.2) is 5.65 Å². The molecule has 0 amide bonds. The lowest BCUT2D eigenvalue weighted by atomic mass is 10.1. The predicted molar refractivity (Wildman–Crippen MR) is 106 cm³/mol.